The molecule has 140 valence electrons. The summed E-state index contributed by atoms with van der Waals surface area (Å²) in [6.07, 6.45) is 8.57. The van der Waals surface area contributed by atoms with Gasteiger partial charge in [-0.3, -0.25) is 0 Å². The summed E-state index contributed by atoms with van der Waals surface area (Å²) in [5, 5.41) is 3.95. The topological polar surface area (TPSA) is 15.3 Å². The molecule has 4 rings (SSSR count). The summed E-state index contributed by atoms with van der Waals surface area (Å²) in [4.78, 5) is 2.40. The quantitative estimate of drug-likeness (QED) is 0.544. The fraction of sp³-hybridized carbons (Fsp3) is 0.360. The van der Waals surface area contributed by atoms with Crippen molar-refractivity contribution in [3.8, 4) is 0 Å². The number of allylic oxidation sites excluding steroid dienone is 1. The predicted molar refractivity (Wildman–Crippen MR) is 115 cm³/mol. The van der Waals surface area contributed by atoms with Crippen molar-refractivity contribution >= 4 is 6.08 Å². The zero-order chi connectivity index (χ0) is 19.1. The van der Waals surface area contributed by atoms with Crippen LogP contribution in [-0.2, 0) is 0 Å². The molecule has 2 heteroatoms. The first-order chi connectivity index (χ1) is 13.1. The Bertz CT molecular complexity index is 840. The van der Waals surface area contributed by atoms with Crippen LogP contribution in [0.5, 0.6) is 0 Å². The van der Waals surface area contributed by atoms with E-state index in [1.54, 1.807) is 11.1 Å². The second-order valence-electron chi connectivity index (χ2n) is 7.93. The Morgan fingerprint density at radius 2 is 2.00 bits per heavy atom. The number of hydrogen-bond donors (Lipinski definition) is 1. The summed E-state index contributed by atoms with van der Waals surface area (Å²) in [6, 6.07) is 9.46. The normalized spacial score (nSPS) is 29.0. The van der Waals surface area contributed by atoms with Crippen LogP contribution >= 0.6 is 0 Å². The largest absolute Gasteiger partial charge is 0.382 e. The van der Waals surface area contributed by atoms with Gasteiger partial charge in [0.25, 0.3) is 0 Å². The van der Waals surface area contributed by atoms with Gasteiger partial charge in [0, 0.05) is 29.9 Å². The number of fused-ring (bicyclic) bond motifs is 2. The molecule has 0 aromatic heterocycles. The zero-order valence-corrected chi connectivity index (χ0v) is 16.5. The first kappa shape index (κ1) is 17.9. The van der Waals surface area contributed by atoms with Crippen molar-refractivity contribution in [1.82, 2.24) is 10.2 Å². The van der Waals surface area contributed by atoms with Crippen LogP contribution in [0, 0.1) is 11.8 Å². The zero-order valence-electron chi connectivity index (χ0n) is 16.5. The highest BCUT2D eigenvalue weighted by Crippen LogP contribution is 2.49. The van der Waals surface area contributed by atoms with Crippen molar-refractivity contribution in [1.29, 1.82) is 0 Å². The van der Waals surface area contributed by atoms with Gasteiger partial charge in [0.05, 0.1) is 6.04 Å². The fourth-order valence-corrected chi connectivity index (χ4v) is 5.12. The van der Waals surface area contributed by atoms with Crippen LogP contribution in [-0.4, -0.2) is 17.5 Å². The lowest BCUT2D eigenvalue weighted by Gasteiger charge is -2.40. The highest BCUT2D eigenvalue weighted by molar-refractivity contribution is 5.50. The van der Waals surface area contributed by atoms with E-state index in [2.05, 4.69) is 74.1 Å². The van der Waals surface area contributed by atoms with Crippen molar-refractivity contribution < 1.29 is 0 Å². The molecular weight excluding hydrogens is 328 g/mol. The molecule has 0 saturated heterocycles. The average Bonchev–Trinajstić information content (AvgIpc) is 3.23. The van der Waals surface area contributed by atoms with E-state index in [4.69, 9.17) is 0 Å². The van der Waals surface area contributed by atoms with Gasteiger partial charge in [-0.25, -0.2) is 0 Å². The minimum absolute atomic E-state index is 0.189. The Kier molecular flexibility index (Phi) is 4.59. The van der Waals surface area contributed by atoms with E-state index in [1.165, 1.54) is 11.3 Å². The van der Waals surface area contributed by atoms with Crippen LogP contribution in [0.2, 0.25) is 0 Å². The van der Waals surface area contributed by atoms with E-state index < -0.39 is 0 Å². The maximum absolute atomic E-state index is 4.26. The van der Waals surface area contributed by atoms with Crippen LogP contribution in [0.25, 0.3) is 6.08 Å². The average molecular weight is 359 g/mol. The van der Waals surface area contributed by atoms with Crippen molar-refractivity contribution in [2.24, 2.45) is 11.8 Å². The lowest BCUT2D eigenvalue weighted by Crippen LogP contribution is -2.38. The standard InChI is InChI=1S/C25H30N2/c1-6-16(4)27-14-13-21-22-15-19(8-3)17(5)23(22)26-24(21)25(27)20-11-9-18(7-2)10-12-20/h6-7,9-12,15,17,22-23,25-26H,1-2,4,8,13-14H2,3,5H3. The molecule has 1 N–H and O–H groups in total. The highest BCUT2D eigenvalue weighted by atomic mass is 15.2. The predicted octanol–water partition coefficient (Wildman–Crippen LogP) is 5.60. The van der Waals surface area contributed by atoms with Gasteiger partial charge in [-0.15, -0.1) is 0 Å². The van der Waals surface area contributed by atoms with Gasteiger partial charge in [-0.05, 0) is 41.5 Å². The molecule has 0 amide bonds. The summed E-state index contributed by atoms with van der Waals surface area (Å²) in [7, 11) is 0. The Hall–Kier alpha value is -2.48. The number of rotatable bonds is 5. The minimum atomic E-state index is 0.189. The van der Waals surface area contributed by atoms with E-state index in [0.717, 1.165) is 30.6 Å². The van der Waals surface area contributed by atoms with E-state index in [9.17, 15) is 0 Å². The van der Waals surface area contributed by atoms with E-state index >= 15 is 0 Å². The van der Waals surface area contributed by atoms with Crippen molar-refractivity contribution in [2.75, 3.05) is 6.54 Å². The molecule has 1 aromatic rings. The Labute approximate surface area is 163 Å². The first-order valence-corrected chi connectivity index (χ1v) is 10.1. The second-order valence-corrected chi connectivity index (χ2v) is 7.93. The molecule has 0 bridgehead atoms. The molecular formula is C25H30N2. The first-order valence-electron chi connectivity index (χ1n) is 10.1. The summed E-state index contributed by atoms with van der Waals surface area (Å²) in [6.45, 7) is 17.8. The molecule has 27 heavy (non-hydrogen) atoms. The van der Waals surface area contributed by atoms with Gasteiger partial charge in [0.2, 0.25) is 0 Å². The van der Waals surface area contributed by atoms with Gasteiger partial charge in [-0.2, -0.15) is 0 Å². The van der Waals surface area contributed by atoms with E-state index in [1.807, 2.05) is 12.2 Å². The Morgan fingerprint density at radius 1 is 1.26 bits per heavy atom. The molecule has 2 nitrogen and oxygen atoms in total. The summed E-state index contributed by atoms with van der Waals surface area (Å²) >= 11 is 0. The van der Waals surface area contributed by atoms with Crippen molar-refractivity contribution in [3.05, 3.63) is 89.8 Å². The molecule has 2 heterocycles. The molecule has 0 spiro atoms. The molecule has 0 fully saturated rings. The number of nitrogens with one attached hydrogen (secondary N) is 1. The summed E-state index contributed by atoms with van der Waals surface area (Å²) < 4.78 is 0. The molecule has 0 radical (unpaired) electrons. The van der Waals surface area contributed by atoms with Crippen molar-refractivity contribution in [2.45, 2.75) is 38.8 Å². The van der Waals surface area contributed by atoms with Crippen LogP contribution in [0.3, 0.4) is 0 Å². The SMILES string of the molecule is C=CC(=C)N1CCC2=C(NC3C(C)C(CC)=CC23)C1c1ccc(C=C)cc1. The van der Waals surface area contributed by atoms with Crippen LogP contribution in [0.4, 0.5) is 0 Å². The maximum atomic E-state index is 4.26. The van der Waals surface area contributed by atoms with Gasteiger partial charge < -0.3 is 10.2 Å². The van der Waals surface area contributed by atoms with E-state index in [-0.39, 0.29) is 6.04 Å². The monoisotopic (exact) mass is 358 g/mol. The molecule has 4 unspecified atom stereocenters. The van der Waals surface area contributed by atoms with Crippen LogP contribution in [0.15, 0.2) is 78.7 Å². The molecule has 4 atom stereocenters. The Morgan fingerprint density at radius 3 is 2.63 bits per heavy atom. The Balaban J connectivity index is 1.77. The number of nitrogens with zero attached hydrogens (tertiary/aromatic N) is 1. The van der Waals surface area contributed by atoms with Crippen LogP contribution < -0.4 is 5.32 Å². The van der Waals surface area contributed by atoms with Gasteiger partial charge >= 0.3 is 0 Å². The third-order valence-corrected chi connectivity index (χ3v) is 6.68. The summed E-state index contributed by atoms with van der Waals surface area (Å²) in [5.41, 5.74) is 8.05. The molecule has 0 saturated carbocycles. The summed E-state index contributed by atoms with van der Waals surface area (Å²) in [5.74, 6) is 1.16. The van der Waals surface area contributed by atoms with Gasteiger partial charge in [0.1, 0.15) is 0 Å². The third-order valence-electron chi connectivity index (χ3n) is 6.68. The second kappa shape index (κ2) is 6.92. The maximum Gasteiger partial charge on any atom is 0.0940 e. The molecule has 1 aliphatic carbocycles. The van der Waals surface area contributed by atoms with Gasteiger partial charge in [0.15, 0.2) is 0 Å². The minimum Gasteiger partial charge on any atom is -0.382 e. The molecule has 3 aliphatic rings. The molecule has 1 aromatic carbocycles. The van der Waals surface area contributed by atoms with Crippen molar-refractivity contribution in [3.63, 3.8) is 0 Å². The lowest BCUT2D eigenvalue weighted by molar-refractivity contribution is 0.272. The van der Waals surface area contributed by atoms with Crippen LogP contribution in [0.1, 0.15) is 43.9 Å². The third kappa shape index (κ3) is 2.79. The number of hydrogen-bond acceptors (Lipinski definition) is 2. The fourth-order valence-electron chi connectivity index (χ4n) is 5.12. The lowest BCUT2D eigenvalue weighted by atomic mass is 9.87. The smallest absolute Gasteiger partial charge is 0.0940 e. The van der Waals surface area contributed by atoms with E-state index in [0.29, 0.717) is 17.9 Å². The molecule has 2 aliphatic heterocycles. The highest BCUT2D eigenvalue weighted by Gasteiger charge is 2.46. The number of benzene rings is 1. The van der Waals surface area contributed by atoms with Gasteiger partial charge in [-0.1, -0.05) is 75.6 Å².